The molecule has 2 aromatic carbocycles. The van der Waals surface area contributed by atoms with Crippen LogP contribution in [0, 0.1) is 0 Å². The van der Waals surface area contributed by atoms with Crippen LogP contribution in [-0.2, 0) is 10.3 Å². The number of nitrogens with zero attached hydrogens (tertiary/aromatic N) is 1. The van der Waals surface area contributed by atoms with Crippen molar-refractivity contribution in [2.75, 3.05) is 6.61 Å². The van der Waals surface area contributed by atoms with Crippen molar-refractivity contribution < 1.29 is 19.1 Å². The zero-order valence-corrected chi connectivity index (χ0v) is 15.2. The van der Waals surface area contributed by atoms with Crippen LogP contribution in [0.5, 0.6) is 5.75 Å². The van der Waals surface area contributed by atoms with Crippen LogP contribution < -0.4 is 15.5 Å². The lowest BCUT2D eigenvalue weighted by molar-refractivity contribution is -0.132. The molecule has 140 valence electrons. The Morgan fingerprint density at radius 3 is 2.41 bits per heavy atom. The third kappa shape index (κ3) is 3.62. The summed E-state index contributed by atoms with van der Waals surface area (Å²) in [6.45, 7) is 4.20. The zero-order chi connectivity index (χ0) is 19.4. The number of hydrogen-bond acceptors (Lipinski definition) is 4. The first-order valence-electron chi connectivity index (χ1n) is 8.72. The molecule has 1 aliphatic rings. The van der Waals surface area contributed by atoms with E-state index in [-0.39, 0.29) is 0 Å². The number of hydrogen-bond donors (Lipinski definition) is 2. The molecule has 1 unspecified atom stereocenters. The first-order chi connectivity index (χ1) is 13.0. The van der Waals surface area contributed by atoms with Crippen molar-refractivity contribution in [3.05, 3.63) is 65.7 Å². The van der Waals surface area contributed by atoms with Crippen molar-refractivity contribution in [1.29, 1.82) is 0 Å². The van der Waals surface area contributed by atoms with Crippen molar-refractivity contribution in [3.63, 3.8) is 0 Å². The van der Waals surface area contributed by atoms with Gasteiger partial charge in [0.25, 0.3) is 11.8 Å². The Labute approximate surface area is 157 Å². The summed E-state index contributed by atoms with van der Waals surface area (Å²) in [4.78, 5) is 37.5. The molecule has 7 heteroatoms. The van der Waals surface area contributed by atoms with Gasteiger partial charge in [-0.05, 0) is 43.2 Å². The van der Waals surface area contributed by atoms with Gasteiger partial charge in [-0.1, -0.05) is 37.3 Å². The van der Waals surface area contributed by atoms with Crippen LogP contribution in [0.25, 0.3) is 0 Å². The SMILES string of the molecule is CCCOc1ccc(C(=O)NN2C(=O)NC(C)(c3ccccc3)C2=O)cc1. The highest BCUT2D eigenvalue weighted by Gasteiger charge is 2.50. The normalized spacial score (nSPS) is 19.0. The predicted octanol–water partition coefficient (Wildman–Crippen LogP) is 2.59. The molecule has 27 heavy (non-hydrogen) atoms. The van der Waals surface area contributed by atoms with E-state index in [4.69, 9.17) is 4.74 Å². The summed E-state index contributed by atoms with van der Waals surface area (Å²) in [5.74, 6) is -0.451. The fraction of sp³-hybridized carbons (Fsp3) is 0.250. The van der Waals surface area contributed by atoms with Gasteiger partial charge in [-0.2, -0.15) is 5.01 Å². The summed E-state index contributed by atoms with van der Waals surface area (Å²) >= 11 is 0. The van der Waals surface area contributed by atoms with Crippen molar-refractivity contribution >= 4 is 17.8 Å². The Kier molecular flexibility index (Phi) is 5.12. The monoisotopic (exact) mass is 367 g/mol. The molecule has 0 aliphatic carbocycles. The van der Waals surface area contributed by atoms with Crippen LogP contribution in [-0.4, -0.2) is 29.5 Å². The third-order valence-electron chi connectivity index (χ3n) is 4.34. The predicted molar refractivity (Wildman–Crippen MR) is 98.9 cm³/mol. The highest BCUT2D eigenvalue weighted by molar-refractivity contribution is 6.09. The maximum Gasteiger partial charge on any atom is 0.344 e. The lowest BCUT2D eigenvalue weighted by atomic mass is 9.92. The summed E-state index contributed by atoms with van der Waals surface area (Å²) < 4.78 is 5.47. The molecule has 1 heterocycles. The molecule has 3 rings (SSSR count). The molecule has 2 N–H and O–H groups in total. The quantitative estimate of drug-likeness (QED) is 0.768. The van der Waals surface area contributed by atoms with E-state index in [0.29, 0.717) is 23.5 Å². The maximum atomic E-state index is 12.8. The van der Waals surface area contributed by atoms with Gasteiger partial charge in [0.2, 0.25) is 0 Å². The molecular weight excluding hydrogens is 346 g/mol. The lowest BCUT2D eigenvalue weighted by Gasteiger charge is -2.22. The molecule has 0 saturated carbocycles. The van der Waals surface area contributed by atoms with Gasteiger partial charge in [0.05, 0.1) is 6.61 Å². The molecule has 0 spiro atoms. The highest BCUT2D eigenvalue weighted by atomic mass is 16.5. The van der Waals surface area contributed by atoms with Gasteiger partial charge in [0, 0.05) is 5.56 Å². The van der Waals surface area contributed by atoms with Gasteiger partial charge in [-0.25, -0.2) is 4.79 Å². The van der Waals surface area contributed by atoms with E-state index >= 15 is 0 Å². The van der Waals surface area contributed by atoms with E-state index in [1.165, 1.54) is 0 Å². The number of rotatable bonds is 6. The number of benzene rings is 2. The van der Waals surface area contributed by atoms with E-state index < -0.39 is 23.4 Å². The molecule has 1 aliphatic heterocycles. The zero-order valence-electron chi connectivity index (χ0n) is 15.2. The summed E-state index contributed by atoms with van der Waals surface area (Å²) in [6, 6.07) is 14.7. The van der Waals surface area contributed by atoms with Gasteiger partial charge in [-0.3, -0.25) is 15.0 Å². The second-order valence-corrected chi connectivity index (χ2v) is 6.38. The number of carbonyl (C=O) groups excluding carboxylic acids is 3. The molecule has 4 amide bonds. The average Bonchev–Trinajstić information content (AvgIpc) is 2.91. The largest absolute Gasteiger partial charge is 0.494 e. The van der Waals surface area contributed by atoms with Crippen LogP contribution in [0.2, 0.25) is 0 Å². The summed E-state index contributed by atoms with van der Waals surface area (Å²) in [5, 5.41) is 3.36. The van der Waals surface area contributed by atoms with E-state index in [2.05, 4.69) is 10.7 Å². The minimum Gasteiger partial charge on any atom is -0.494 e. The van der Waals surface area contributed by atoms with Crippen LogP contribution in [0.15, 0.2) is 54.6 Å². The number of hydrazine groups is 1. The van der Waals surface area contributed by atoms with Gasteiger partial charge in [-0.15, -0.1) is 0 Å². The van der Waals surface area contributed by atoms with Crippen molar-refractivity contribution in [1.82, 2.24) is 15.8 Å². The van der Waals surface area contributed by atoms with E-state index in [1.54, 1.807) is 55.5 Å². The first kappa shape index (κ1) is 18.4. The van der Waals surface area contributed by atoms with Crippen LogP contribution in [0.3, 0.4) is 0 Å². The van der Waals surface area contributed by atoms with E-state index in [0.717, 1.165) is 11.4 Å². The van der Waals surface area contributed by atoms with Crippen LogP contribution in [0.1, 0.15) is 36.2 Å². The molecule has 0 radical (unpaired) electrons. The second-order valence-electron chi connectivity index (χ2n) is 6.38. The fourth-order valence-corrected chi connectivity index (χ4v) is 2.80. The smallest absolute Gasteiger partial charge is 0.344 e. The molecule has 0 aromatic heterocycles. The van der Waals surface area contributed by atoms with Crippen molar-refractivity contribution in [2.45, 2.75) is 25.8 Å². The topological polar surface area (TPSA) is 87.7 Å². The molecule has 1 fully saturated rings. The Balaban J connectivity index is 1.72. The number of amides is 4. The number of nitrogens with one attached hydrogen (secondary N) is 2. The summed E-state index contributed by atoms with van der Waals surface area (Å²) in [6.07, 6.45) is 0.884. The van der Waals surface area contributed by atoms with Crippen molar-refractivity contribution in [3.8, 4) is 5.75 Å². The van der Waals surface area contributed by atoms with Crippen molar-refractivity contribution in [2.24, 2.45) is 0 Å². The molecule has 1 atom stereocenters. The van der Waals surface area contributed by atoms with E-state index in [9.17, 15) is 14.4 Å². The third-order valence-corrected chi connectivity index (χ3v) is 4.34. The standard InChI is InChI=1S/C20H21N3O4/c1-3-13-27-16-11-9-14(10-12-16)17(24)22-23-18(25)20(2,21-19(23)26)15-7-5-4-6-8-15/h4-12H,3,13H2,1-2H3,(H,21,26)(H,22,24). The molecular formula is C20H21N3O4. The summed E-state index contributed by atoms with van der Waals surface area (Å²) in [7, 11) is 0. The maximum absolute atomic E-state index is 12.8. The minimum absolute atomic E-state index is 0.313. The van der Waals surface area contributed by atoms with Crippen LogP contribution >= 0.6 is 0 Å². The molecule has 2 aromatic rings. The first-order valence-corrected chi connectivity index (χ1v) is 8.72. The van der Waals surface area contributed by atoms with Gasteiger partial charge < -0.3 is 10.1 Å². The van der Waals surface area contributed by atoms with Gasteiger partial charge >= 0.3 is 6.03 Å². The minimum atomic E-state index is -1.23. The number of ether oxygens (including phenoxy) is 1. The fourth-order valence-electron chi connectivity index (χ4n) is 2.80. The lowest BCUT2D eigenvalue weighted by Crippen LogP contribution is -2.47. The number of imide groups is 1. The Morgan fingerprint density at radius 1 is 1.11 bits per heavy atom. The molecule has 0 bridgehead atoms. The average molecular weight is 367 g/mol. The van der Waals surface area contributed by atoms with Gasteiger partial charge in [0.1, 0.15) is 11.3 Å². The summed E-state index contributed by atoms with van der Waals surface area (Å²) in [5.41, 5.74) is 2.09. The molecule has 7 nitrogen and oxygen atoms in total. The number of carbonyl (C=O) groups is 3. The van der Waals surface area contributed by atoms with Gasteiger partial charge in [0.15, 0.2) is 0 Å². The second kappa shape index (κ2) is 7.49. The molecule has 1 saturated heterocycles. The Hall–Kier alpha value is -3.35. The Morgan fingerprint density at radius 2 is 1.78 bits per heavy atom. The highest BCUT2D eigenvalue weighted by Crippen LogP contribution is 2.27. The van der Waals surface area contributed by atoms with Crippen LogP contribution in [0.4, 0.5) is 4.79 Å². The number of urea groups is 1. The van der Waals surface area contributed by atoms with E-state index in [1.807, 2.05) is 13.0 Å². The Bertz CT molecular complexity index is 851.